The van der Waals surface area contributed by atoms with Crippen molar-refractivity contribution in [3.63, 3.8) is 0 Å². The Balaban J connectivity index is 2.98. The predicted molar refractivity (Wildman–Crippen MR) is 61.9 cm³/mol. The maximum atomic E-state index is 11.9. The first kappa shape index (κ1) is 12.2. The second-order valence-corrected chi connectivity index (χ2v) is 5.31. The second-order valence-electron chi connectivity index (χ2n) is 3.04. The number of benzene rings is 1. The molecule has 82 valence electrons. The summed E-state index contributed by atoms with van der Waals surface area (Å²) in [4.78, 5) is 0. The lowest BCUT2D eigenvalue weighted by atomic mass is 10.1. The average Bonchev–Trinajstić information content (AvgIpc) is 2.29. The Morgan fingerprint density at radius 2 is 1.93 bits per heavy atom. The van der Waals surface area contributed by atoms with Crippen LogP contribution in [0.5, 0.6) is 0 Å². The standard InChI is InChI=1S/C11H15O3P/c1-4-10-7-5-6-8-11(10)9-15(12,13-2)14-3/h4-8H,1,9H2,2-3H3. The van der Waals surface area contributed by atoms with E-state index in [1.165, 1.54) is 14.2 Å². The zero-order chi connectivity index (χ0) is 11.3. The molecule has 0 heterocycles. The van der Waals surface area contributed by atoms with Gasteiger partial charge < -0.3 is 9.05 Å². The van der Waals surface area contributed by atoms with E-state index >= 15 is 0 Å². The molecule has 1 aromatic carbocycles. The van der Waals surface area contributed by atoms with Gasteiger partial charge in [0.25, 0.3) is 0 Å². The van der Waals surface area contributed by atoms with Gasteiger partial charge in [0.2, 0.25) is 0 Å². The highest BCUT2D eigenvalue weighted by Gasteiger charge is 2.22. The fraction of sp³-hybridized carbons (Fsp3) is 0.273. The van der Waals surface area contributed by atoms with E-state index in [2.05, 4.69) is 6.58 Å². The molecule has 0 aliphatic carbocycles. The quantitative estimate of drug-likeness (QED) is 0.722. The zero-order valence-electron chi connectivity index (χ0n) is 8.97. The second kappa shape index (κ2) is 5.26. The Labute approximate surface area is 90.3 Å². The maximum Gasteiger partial charge on any atom is 0.334 e. The van der Waals surface area contributed by atoms with Crippen LogP contribution in [0, 0.1) is 0 Å². The number of hydrogen-bond donors (Lipinski definition) is 0. The normalized spacial score (nSPS) is 11.3. The van der Waals surface area contributed by atoms with Crippen LogP contribution in [0.15, 0.2) is 30.8 Å². The number of hydrogen-bond acceptors (Lipinski definition) is 3. The van der Waals surface area contributed by atoms with E-state index in [-0.39, 0.29) is 6.16 Å². The lowest BCUT2D eigenvalue weighted by Crippen LogP contribution is -1.95. The van der Waals surface area contributed by atoms with Crippen LogP contribution in [0.1, 0.15) is 11.1 Å². The minimum atomic E-state index is -2.99. The Morgan fingerprint density at radius 1 is 1.33 bits per heavy atom. The van der Waals surface area contributed by atoms with Gasteiger partial charge in [-0.05, 0) is 11.1 Å². The van der Waals surface area contributed by atoms with Gasteiger partial charge >= 0.3 is 7.60 Å². The van der Waals surface area contributed by atoms with Crippen molar-refractivity contribution in [1.82, 2.24) is 0 Å². The highest BCUT2D eigenvalue weighted by molar-refractivity contribution is 7.52. The third kappa shape index (κ3) is 3.03. The number of rotatable bonds is 5. The van der Waals surface area contributed by atoms with E-state index < -0.39 is 7.60 Å². The topological polar surface area (TPSA) is 35.5 Å². The molecule has 0 fully saturated rings. The van der Waals surface area contributed by atoms with E-state index in [1.807, 2.05) is 24.3 Å². The Bertz CT molecular complexity index is 379. The summed E-state index contributed by atoms with van der Waals surface area (Å²) in [5.74, 6) is 0. The lowest BCUT2D eigenvalue weighted by Gasteiger charge is -2.14. The van der Waals surface area contributed by atoms with Crippen LogP contribution in [-0.2, 0) is 19.8 Å². The molecular weight excluding hydrogens is 211 g/mol. The molecule has 15 heavy (non-hydrogen) atoms. The predicted octanol–water partition coefficient (Wildman–Crippen LogP) is 3.32. The van der Waals surface area contributed by atoms with Crippen molar-refractivity contribution in [1.29, 1.82) is 0 Å². The van der Waals surface area contributed by atoms with Crippen molar-refractivity contribution in [3.8, 4) is 0 Å². The highest BCUT2D eigenvalue weighted by atomic mass is 31.2. The van der Waals surface area contributed by atoms with Crippen LogP contribution in [0.3, 0.4) is 0 Å². The first-order chi connectivity index (χ1) is 7.15. The first-order valence-corrected chi connectivity index (χ1v) is 6.29. The van der Waals surface area contributed by atoms with Crippen molar-refractivity contribution in [2.24, 2.45) is 0 Å². The molecule has 0 N–H and O–H groups in total. The molecule has 0 radical (unpaired) electrons. The lowest BCUT2D eigenvalue weighted by molar-refractivity contribution is 0.275. The molecule has 4 heteroatoms. The third-order valence-electron chi connectivity index (χ3n) is 2.20. The summed E-state index contributed by atoms with van der Waals surface area (Å²) < 4.78 is 21.7. The molecule has 0 saturated carbocycles. The smallest absolute Gasteiger partial charge is 0.312 e. The Morgan fingerprint density at radius 3 is 2.47 bits per heavy atom. The molecule has 0 atom stereocenters. The summed E-state index contributed by atoms with van der Waals surface area (Å²) in [7, 11) is -0.212. The molecule has 1 rings (SSSR count). The van der Waals surface area contributed by atoms with E-state index in [4.69, 9.17) is 9.05 Å². The molecule has 0 unspecified atom stereocenters. The monoisotopic (exact) mass is 226 g/mol. The van der Waals surface area contributed by atoms with Crippen molar-refractivity contribution in [3.05, 3.63) is 42.0 Å². The van der Waals surface area contributed by atoms with E-state index in [0.717, 1.165) is 11.1 Å². The minimum absolute atomic E-state index is 0.266. The zero-order valence-corrected chi connectivity index (χ0v) is 9.87. The molecule has 0 spiro atoms. The molecule has 0 aliphatic heterocycles. The van der Waals surface area contributed by atoms with Gasteiger partial charge in [0.05, 0.1) is 6.16 Å². The third-order valence-corrected chi connectivity index (χ3v) is 4.04. The summed E-state index contributed by atoms with van der Waals surface area (Å²) in [6.07, 6.45) is 1.99. The largest absolute Gasteiger partial charge is 0.334 e. The van der Waals surface area contributed by atoms with Crippen molar-refractivity contribution < 1.29 is 13.6 Å². The minimum Gasteiger partial charge on any atom is -0.312 e. The van der Waals surface area contributed by atoms with Gasteiger partial charge in [0.1, 0.15) is 0 Å². The average molecular weight is 226 g/mol. The first-order valence-electron chi connectivity index (χ1n) is 4.56. The molecule has 0 bridgehead atoms. The van der Waals surface area contributed by atoms with Crippen molar-refractivity contribution in [2.75, 3.05) is 14.2 Å². The van der Waals surface area contributed by atoms with E-state index in [9.17, 15) is 4.57 Å². The highest BCUT2D eigenvalue weighted by Crippen LogP contribution is 2.50. The van der Waals surface area contributed by atoms with Crippen molar-refractivity contribution >= 4 is 13.7 Å². The summed E-state index contributed by atoms with van der Waals surface area (Å²) in [6.45, 7) is 3.70. The molecule has 0 aliphatic rings. The van der Waals surface area contributed by atoms with Crippen LogP contribution in [0.2, 0.25) is 0 Å². The summed E-state index contributed by atoms with van der Waals surface area (Å²) in [5.41, 5.74) is 1.87. The van der Waals surface area contributed by atoms with Gasteiger partial charge in [-0.1, -0.05) is 36.9 Å². The summed E-state index contributed by atoms with van der Waals surface area (Å²) in [6, 6.07) is 7.60. The van der Waals surface area contributed by atoms with Gasteiger partial charge in [0, 0.05) is 14.2 Å². The van der Waals surface area contributed by atoms with E-state index in [0.29, 0.717) is 0 Å². The van der Waals surface area contributed by atoms with Crippen LogP contribution in [0.25, 0.3) is 6.08 Å². The van der Waals surface area contributed by atoms with Gasteiger partial charge in [-0.25, -0.2) is 0 Å². The van der Waals surface area contributed by atoms with Gasteiger partial charge in [0.15, 0.2) is 0 Å². The fourth-order valence-electron chi connectivity index (χ4n) is 1.29. The summed E-state index contributed by atoms with van der Waals surface area (Å²) >= 11 is 0. The summed E-state index contributed by atoms with van der Waals surface area (Å²) in [5, 5.41) is 0. The SMILES string of the molecule is C=Cc1ccccc1CP(=O)(OC)OC. The van der Waals surface area contributed by atoms with Gasteiger partial charge in [-0.2, -0.15) is 0 Å². The molecule has 0 amide bonds. The van der Waals surface area contributed by atoms with Gasteiger partial charge in [-0.15, -0.1) is 0 Å². The van der Waals surface area contributed by atoms with Crippen LogP contribution in [-0.4, -0.2) is 14.2 Å². The molecular formula is C11H15O3P. The molecule has 3 nitrogen and oxygen atoms in total. The van der Waals surface area contributed by atoms with Crippen LogP contribution >= 0.6 is 7.60 Å². The Kier molecular flexibility index (Phi) is 4.28. The fourth-order valence-corrected chi connectivity index (χ4v) is 2.40. The molecule has 0 saturated heterocycles. The maximum absolute atomic E-state index is 11.9. The molecule has 1 aromatic rings. The Hall–Kier alpha value is -0.890. The van der Waals surface area contributed by atoms with Gasteiger partial charge in [-0.3, -0.25) is 4.57 Å². The molecule has 0 aromatic heterocycles. The van der Waals surface area contributed by atoms with Crippen molar-refractivity contribution in [2.45, 2.75) is 6.16 Å². The van der Waals surface area contributed by atoms with Crippen LogP contribution in [0.4, 0.5) is 0 Å². The van der Waals surface area contributed by atoms with E-state index in [1.54, 1.807) is 6.08 Å². The van der Waals surface area contributed by atoms with Crippen LogP contribution < -0.4 is 0 Å².